The molecule has 0 radical (unpaired) electrons. The standard InChI is InChI=1S/C58H62N3O/c1-56-34-16-15-25-47(56)28-31-49-50(56)32-35-57(2)51(49)33-36-58(57,62)40-60-53(43-19-9-4-10-20-43)37-46(38-54(60)44-21-11-5-12-22-44)41-26-29-48(30-27-41)61-55(45-23-13-6-14-24-45)39-52(59-61)42-17-7-3-8-18-42/h3-14,17-24,26-27,29-30,37-38,47,49-51,55,62H,15-16,25,28,31-36,39-40H2,1-2H3/q+1/t47-,49+,50-,51-,55+,56+,57-,58-/m1/s1. The Morgan fingerprint density at radius 2 is 1.18 bits per heavy atom. The van der Waals surface area contributed by atoms with Gasteiger partial charge in [-0.1, -0.05) is 136 Å². The lowest BCUT2D eigenvalue weighted by molar-refractivity contribution is -0.692. The first kappa shape index (κ1) is 39.5. The molecule has 314 valence electrons. The average molecular weight is 817 g/mol. The second kappa shape index (κ2) is 15.8. The fourth-order valence-corrected chi connectivity index (χ4v) is 13.9. The normalized spacial score (nSPS) is 30.3. The van der Waals surface area contributed by atoms with E-state index >= 15 is 0 Å². The second-order valence-electron chi connectivity index (χ2n) is 20.2. The number of anilines is 1. The number of hydrogen-bond donors (Lipinski definition) is 1. The molecule has 5 aliphatic rings. The number of pyridine rings is 1. The number of aromatic nitrogens is 1. The summed E-state index contributed by atoms with van der Waals surface area (Å²) in [7, 11) is 0. The molecule has 4 fully saturated rings. The lowest BCUT2D eigenvalue weighted by Gasteiger charge is -2.61. The molecule has 62 heavy (non-hydrogen) atoms. The van der Waals surface area contributed by atoms with Gasteiger partial charge in [0.1, 0.15) is 5.60 Å². The molecule has 5 aromatic carbocycles. The molecule has 0 bridgehead atoms. The van der Waals surface area contributed by atoms with E-state index in [-0.39, 0.29) is 11.5 Å². The van der Waals surface area contributed by atoms with Crippen molar-refractivity contribution in [3.8, 4) is 33.6 Å². The van der Waals surface area contributed by atoms with Gasteiger partial charge in [-0.05, 0) is 139 Å². The SMILES string of the molecule is C[C@]12CCCC[C@@H]1CC[C@H]1[C@H]2CC[C@]2(C)[C@@H]1CC[C@@]2(O)C[n+]1c(-c2ccccc2)cc(-c2ccc(N3N=C(c4ccccc4)C[C@H]3c3ccccc3)cc2)cc1-c1ccccc1. The first-order chi connectivity index (χ1) is 30.3. The molecule has 0 saturated heterocycles. The number of aliphatic hydroxyl groups is 1. The molecular weight excluding hydrogens is 755 g/mol. The third-order valence-electron chi connectivity index (χ3n) is 17.3. The highest BCUT2D eigenvalue weighted by atomic mass is 16.3. The van der Waals surface area contributed by atoms with E-state index in [2.05, 4.69) is 181 Å². The zero-order chi connectivity index (χ0) is 41.9. The quantitative estimate of drug-likeness (QED) is 0.155. The van der Waals surface area contributed by atoms with Gasteiger partial charge in [0.05, 0.1) is 17.4 Å². The van der Waals surface area contributed by atoms with Crippen LogP contribution >= 0.6 is 0 Å². The Kier molecular flexibility index (Phi) is 10.1. The number of rotatable bonds is 8. The topological polar surface area (TPSA) is 39.7 Å². The Morgan fingerprint density at radius 1 is 0.581 bits per heavy atom. The number of hydrazone groups is 1. The Morgan fingerprint density at radius 3 is 1.82 bits per heavy atom. The van der Waals surface area contributed by atoms with Crippen molar-refractivity contribution in [1.82, 2.24) is 0 Å². The summed E-state index contributed by atoms with van der Waals surface area (Å²) < 4.78 is 2.50. The molecule has 1 aromatic heterocycles. The zero-order valence-corrected chi connectivity index (χ0v) is 36.7. The lowest BCUT2D eigenvalue weighted by atomic mass is 9.44. The van der Waals surface area contributed by atoms with Crippen LogP contribution in [0.25, 0.3) is 33.6 Å². The first-order valence-electron chi connectivity index (χ1n) is 23.8. The molecule has 4 saturated carbocycles. The van der Waals surface area contributed by atoms with E-state index < -0.39 is 5.60 Å². The summed E-state index contributed by atoms with van der Waals surface area (Å²) in [6.07, 6.45) is 13.7. The maximum absolute atomic E-state index is 13.4. The molecule has 2 heterocycles. The van der Waals surface area contributed by atoms with Crippen molar-refractivity contribution >= 4 is 11.4 Å². The Balaban J connectivity index is 0.974. The maximum atomic E-state index is 13.4. The summed E-state index contributed by atoms with van der Waals surface area (Å²) >= 11 is 0. The van der Waals surface area contributed by atoms with Crippen molar-refractivity contribution in [3.63, 3.8) is 0 Å². The van der Waals surface area contributed by atoms with Crippen LogP contribution in [-0.4, -0.2) is 16.4 Å². The summed E-state index contributed by atoms with van der Waals surface area (Å²) in [5.74, 6) is 3.03. The van der Waals surface area contributed by atoms with E-state index in [0.717, 1.165) is 71.8 Å². The number of hydrogen-bond acceptors (Lipinski definition) is 3. The summed E-state index contributed by atoms with van der Waals surface area (Å²) in [5, 5.41) is 20.9. The lowest BCUT2D eigenvalue weighted by Crippen LogP contribution is -2.60. The van der Waals surface area contributed by atoms with Gasteiger partial charge in [0, 0.05) is 35.1 Å². The van der Waals surface area contributed by atoms with Gasteiger partial charge in [0.15, 0.2) is 6.54 Å². The van der Waals surface area contributed by atoms with Crippen molar-refractivity contribution in [1.29, 1.82) is 0 Å². The van der Waals surface area contributed by atoms with E-state index in [1.54, 1.807) is 0 Å². The monoisotopic (exact) mass is 816 g/mol. The molecule has 1 aliphatic heterocycles. The minimum absolute atomic E-state index is 0.116. The Bertz CT molecular complexity index is 2500. The van der Waals surface area contributed by atoms with Crippen LogP contribution in [0, 0.1) is 34.5 Å². The van der Waals surface area contributed by atoms with Crippen LogP contribution < -0.4 is 9.58 Å². The van der Waals surface area contributed by atoms with E-state index in [0.29, 0.717) is 17.9 Å². The van der Waals surface area contributed by atoms with Crippen LogP contribution in [0.4, 0.5) is 5.69 Å². The van der Waals surface area contributed by atoms with Gasteiger partial charge in [0.25, 0.3) is 0 Å². The van der Waals surface area contributed by atoms with Gasteiger partial charge in [-0.25, -0.2) is 0 Å². The highest BCUT2D eigenvalue weighted by Crippen LogP contribution is 2.68. The highest BCUT2D eigenvalue weighted by Gasteiger charge is 2.65. The average Bonchev–Trinajstić information content (AvgIpc) is 3.89. The van der Waals surface area contributed by atoms with Crippen LogP contribution in [-0.2, 0) is 6.54 Å². The molecule has 1 N–H and O–H groups in total. The van der Waals surface area contributed by atoms with E-state index in [1.807, 2.05) is 0 Å². The molecular formula is C58H62N3O+. The van der Waals surface area contributed by atoms with Gasteiger partial charge in [-0.3, -0.25) is 5.01 Å². The van der Waals surface area contributed by atoms with Gasteiger partial charge in [0.2, 0.25) is 11.4 Å². The van der Waals surface area contributed by atoms with Crippen molar-refractivity contribution in [2.45, 2.75) is 103 Å². The van der Waals surface area contributed by atoms with E-state index in [4.69, 9.17) is 5.10 Å². The van der Waals surface area contributed by atoms with Crippen molar-refractivity contribution < 1.29 is 9.67 Å². The maximum Gasteiger partial charge on any atom is 0.213 e. The van der Waals surface area contributed by atoms with Gasteiger partial charge < -0.3 is 5.11 Å². The summed E-state index contributed by atoms with van der Waals surface area (Å²) in [4.78, 5) is 0. The van der Waals surface area contributed by atoms with Crippen LogP contribution in [0.15, 0.2) is 163 Å². The van der Waals surface area contributed by atoms with E-state index in [1.165, 1.54) is 72.8 Å². The zero-order valence-electron chi connectivity index (χ0n) is 36.7. The minimum Gasteiger partial charge on any atom is -0.383 e. The third-order valence-corrected chi connectivity index (χ3v) is 17.3. The van der Waals surface area contributed by atoms with Crippen LogP contribution in [0.2, 0.25) is 0 Å². The summed E-state index contributed by atoms with van der Waals surface area (Å²) in [5.41, 5.74) is 11.2. The Labute approximate surface area is 369 Å². The summed E-state index contributed by atoms with van der Waals surface area (Å²) in [6.45, 7) is 5.75. The largest absolute Gasteiger partial charge is 0.383 e. The van der Waals surface area contributed by atoms with Gasteiger partial charge >= 0.3 is 0 Å². The molecule has 4 heteroatoms. The smallest absolute Gasteiger partial charge is 0.213 e. The van der Waals surface area contributed by atoms with Crippen molar-refractivity contribution in [2.75, 3.05) is 5.01 Å². The molecule has 4 nitrogen and oxygen atoms in total. The summed E-state index contributed by atoms with van der Waals surface area (Å²) in [6, 6.07) is 57.1. The van der Waals surface area contributed by atoms with Crippen molar-refractivity contribution in [2.24, 2.45) is 39.6 Å². The first-order valence-corrected chi connectivity index (χ1v) is 23.8. The van der Waals surface area contributed by atoms with Crippen LogP contribution in [0.1, 0.15) is 102 Å². The number of fused-ring (bicyclic) bond motifs is 5. The number of nitrogens with zero attached hydrogens (tertiary/aromatic N) is 3. The fourth-order valence-electron chi connectivity index (χ4n) is 13.9. The fraction of sp³-hybridized carbons (Fsp3) is 0.379. The van der Waals surface area contributed by atoms with Gasteiger partial charge in [-0.2, -0.15) is 9.67 Å². The molecule has 8 atom stereocenters. The van der Waals surface area contributed by atoms with Crippen LogP contribution in [0.5, 0.6) is 0 Å². The molecule has 4 aliphatic carbocycles. The second-order valence-corrected chi connectivity index (χ2v) is 20.2. The molecule has 0 unspecified atom stereocenters. The third kappa shape index (κ3) is 6.67. The van der Waals surface area contributed by atoms with Gasteiger partial charge in [-0.15, -0.1) is 0 Å². The predicted molar refractivity (Wildman–Crippen MR) is 253 cm³/mol. The highest BCUT2D eigenvalue weighted by molar-refractivity contribution is 6.03. The predicted octanol–water partition coefficient (Wildman–Crippen LogP) is 13.5. The molecule has 6 aromatic rings. The Hall–Kier alpha value is -5.32. The number of benzene rings is 5. The minimum atomic E-state index is -0.808. The molecule has 0 amide bonds. The van der Waals surface area contributed by atoms with Crippen molar-refractivity contribution in [3.05, 3.63) is 169 Å². The van der Waals surface area contributed by atoms with Crippen LogP contribution in [0.3, 0.4) is 0 Å². The molecule has 0 spiro atoms. The van der Waals surface area contributed by atoms with E-state index in [9.17, 15) is 5.11 Å². The molecule has 11 rings (SSSR count).